The summed E-state index contributed by atoms with van der Waals surface area (Å²) in [6, 6.07) is 0. The van der Waals surface area contributed by atoms with Crippen LogP contribution in [0.15, 0.2) is 12.4 Å². The Morgan fingerprint density at radius 1 is 0.600 bits per heavy atom. The molecule has 1 heterocycles. The molecule has 0 spiro atoms. The Morgan fingerprint density at radius 2 is 1.03 bits per heavy atom. The van der Waals surface area contributed by atoms with Crippen molar-refractivity contribution in [1.82, 2.24) is 4.98 Å². The van der Waals surface area contributed by atoms with E-state index < -0.39 is 0 Å². The molecule has 1 N–H and O–H groups in total. The fraction of sp³-hybridized carbons (Fsp3) is 0.893. The largest absolute Gasteiger partial charge is 0.257 e. The highest BCUT2D eigenvalue weighted by molar-refractivity contribution is 4.90. The lowest BCUT2D eigenvalue weighted by molar-refractivity contribution is -0.704. The molecule has 0 amide bonds. The van der Waals surface area contributed by atoms with Crippen LogP contribution in [0.5, 0.6) is 0 Å². The summed E-state index contributed by atoms with van der Waals surface area (Å²) in [7, 11) is 0. The summed E-state index contributed by atoms with van der Waals surface area (Å²) < 4.78 is 2.48. The molecule has 0 bridgehead atoms. The SMILES string of the molecule is CCCCCCCCCCCCCC[C@H](CCCCCCC)c1[nH]cc[n+]1CCC. The maximum atomic E-state index is 3.60. The van der Waals surface area contributed by atoms with Gasteiger partial charge in [-0.3, -0.25) is 0 Å². The molecule has 0 saturated heterocycles. The van der Waals surface area contributed by atoms with Crippen LogP contribution in [0.25, 0.3) is 0 Å². The summed E-state index contributed by atoms with van der Waals surface area (Å²) in [5, 5.41) is 0. The zero-order chi connectivity index (χ0) is 21.7. The maximum absolute atomic E-state index is 3.60. The van der Waals surface area contributed by atoms with Crippen molar-refractivity contribution in [2.24, 2.45) is 0 Å². The predicted molar refractivity (Wildman–Crippen MR) is 133 cm³/mol. The lowest BCUT2D eigenvalue weighted by Crippen LogP contribution is -2.37. The number of unbranched alkanes of at least 4 members (excludes halogenated alkanes) is 15. The fourth-order valence-corrected chi connectivity index (χ4v) is 4.81. The van der Waals surface area contributed by atoms with Crippen LogP contribution in [0.3, 0.4) is 0 Å². The Hall–Kier alpha value is -0.790. The minimum Gasteiger partial charge on any atom is -0.247 e. The predicted octanol–water partition coefficient (Wildman–Crippen LogP) is 9.25. The van der Waals surface area contributed by atoms with Gasteiger partial charge in [-0.2, -0.15) is 0 Å². The first-order chi connectivity index (χ1) is 14.8. The zero-order valence-corrected chi connectivity index (χ0v) is 21.0. The number of hydrogen-bond acceptors (Lipinski definition) is 0. The molecule has 1 aromatic rings. The molecule has 176 valence electrons. The van der Waals surface area contributed by atoms with Gasteiger partial charge in [-0.15, -0.1) is 0 Å². The van der Waals surface area contributed by atoms with E-state index >= 15 is 0 Å². The maximum Gasteiger partial charge on any atom is 0.257 e. The number of aromatic nitrogens is 2. The molecule has 2 heteroatoms. The van der Waals surface area contributed by atoms with Gasteiger partial charge in [0.2, 0.25) is 0 Å². The van der Waals surface area contributed by atoms with Crippen molar-refractivity contribution in [2.75, 3.05) is 0 Å². The highest BCUT2D eigenvalue weighted by atomic mass is 15.1. The molecule has 1 aromatic heterocycles. The lowest BCUT2D eigenvalue weighted by Gasteiger charge is -2.14. The molecule has 0 fully saturated rings. The van der Waals surface area contributed by atoms with Crippen molar-refractivity contribution in [3.05, 3.63) is 18.2 Å². The van der Waals surface area contributed by atoms with E-state index in [4.69, 9.17) is 0 Å². The van der Waals surface area contributed by atoms with E-state index in [0.717, 1.165) is 12.5 Å². The molecular formula is C28H55N2+. The van der Waals surface area contributed by atoms with Gasteiger partial charge in [-0.05, 0) is 19.3 Å². The van der Waals surface area contributed by atoms with Crippen molar-refractivity contribution in [3.8, 4) is 0 Å². The highest BCUT2D eigenvalue weighted by Gasteiger charge is 2.22. The van der Waals surface area contributed by atoms with Crippen LogP contribution in [0, 0.1) is 0 Å². The Labute approximate surface area is 189 Å². The van der Waals surface area contributed by atoms with E-state index in [1.807, 2.05) is 0 Å². The highest BCUT2D eigenvalue weighted by Crippen LogP contribution is 2.26. The van der Waals surface area contributed by atoms with Gasteiger partial charge in [-0.1, -0.05) is 130 Å². The van der Waals surface area contributed by atoms with Gasteiger partial charge >= 0.3 is 0 Å². The number of imidazole rings is 1. The normalized spacial score (nSPS) is 12.5. The molecular weight excluding hydrogens is 364 g/mol. The van der Waals surface area contributed by atoms with Crippen LogP contribution in [0.4, 0.5) is 0 Å². The Balaban J connectivity index is 2.20. The van der Waals surface area contributed by atoms with E-state index in [1.54, 1.807) is 0 Å². The summed E-state index contributed by atoms with van der Waals surface area (Å²) in [6.07, 6.45) is 32.6. The number of rotatable bonds is 22. The van der Waals surface area contributed by atoms with E-state index in [1.165, 1.54) is 134 Å². The first-order valence-corrected chi connectivity index (χ1v) is 13.9. The number of nitrogens with one attached hydrogen (secondary N) is 1. The molecule has 0 unspecified atom stereocenters. The molecule has 0 aliphatic rings. The third kappa shape index (κ3) is 13.5. The Kier molecular flexibility index (Phi) is 18.3. The molecule has 0 aliphatic heterocycles. The van der Waals surface area contributed by atoms with Gasteiger partial charge in [-0.25, -0.2) is 9.55 Å². The van der Waals surface area contributed by atoms with Crippen LogP contribution in [-0.4, -0.2) is 4.98 Å². The van der Waals surface area contributed by atoms with Gasteiger partial charge in [0, 0.05) is 0 Å². The van der Waals surface area contributed by atoms with Crippen molar-refractivity contribution >= 4 is 0 Å². The second-order valence-electron chi connectivity index (χ2n) is 9.62. The fourth-order valence-electron chi connectivity index (χ4n) is 4.81. The van der Waals surface area contributed by atoms with Gasteiger partial charge in [0.05, 0.1) is 12.5 Å². The van der Waals surface area contributed by atoms with Crippen LogP contribution in [-0.2, 0) is 6.54 Å². The van der Waals surface area contributed by atoms with Crippen molar-refractivity contribution in [1.29, 1.82) is 0 Å². The quantitative estimate of drug-likeness (QED) is 0.143. The molecule has 2 nitrogen and oxygen atoms in total. The van der Waals surface area contributed by atoms with Gasteiger partial charge in [0.1, 0.15) is 12.4 Å². The summed E-state index contributed by atoms with van der Waals surface area (Å²) >= 11 is 0. The monoisotopic (exact) mass is 419 g/mol. The van der Waals surface area contributed by atoms with E-state index in [2.05, 4.69) is 42.7 Å². The van der Waals surface area contributed by atoms with Crippen LogP contribution in [0.1, 0.15) is 161 Å². The van der Waals surface area contributed by atoms with Gasteiger partial charge in [0.15, 0.2) is 0 Å². The van der Waals surface area contributed by atoms with Crippen molar-refractivity contribution in [3.63, 3.8) is 0 Å². The van der Waals surface area contributed by atoms with Crippen LogP contribution in [0.2, 0.25) is 0 Å². The van der Waals surface area contributed by atoms with E-state index in [9.17, 15) is 0 Å². The second kappa shape index (κ2) is 20.1. The number of aryl methyl sites for hydroxylation is 1. The minimum atomic E-state index is 0.733. The average Bonchev–Trinajstić information content (AvgIpc) is 3.21. The molecule has 0 aromatic carbocycles. The topological polar surface area (TPSA) is 19.7 Å². The summed E-state index contributed by atoms with van der Waals surface area (Å²) in [5.41, 5.74) is 0. The molecule has 0 radical (unpaired) electrons. The number of H-pyrrole nitrogens is 1. The second-order valence-corrected chi connectivity index (χ2v) is 9.62. The number of nitrogens with zero attached hydrogens (tertiary/aromatic N) is 1. The summed E-state index contributed by atoms with van der Waals surface area (Å²) in [6.45, 7) is 8.05. The first kappa shape index (κ1) is 27.2. The molecule has 1 rings (SSSR count). The Bertz CT molecular complexity index is 465. The molecule has 0 saturated carbocycles. The Morgan fingerprint density at radius 3 is 1.47 bits per heavy atom. The van der Waals surface area contributed by atoms with Gasteiger partial charge < -0.3 is 0 Å². The number of aromatic amines is 1. The molecule has 0 aliphatic carbocycles. The van der Waals surface area contributed by atoms with Gasteiger partial charge in [0.25, 0.3) is 5.82 Å². The summed E-state index contributed by atoms with van der Waals surface area (Å²) in [4.78, 5) is 3.60. The van der Waals surface area contributed by atoms with Crippen molar-refractivity contribution < 1.29 is 4.57 Å². The van der Waals surface area contributed by atoms with Crippen LogP contribution >= 0.6 is 0 Å². The summed E-state index contributed by atoms with van der Waals surface area (Å²) in [5.74, 6) is 2.23. The zero-order valence-electron chi connectivity index (χ0n) is 21.0. The first-order valence-electron chi connectivity index (χ1n) is 13.9. The van der Waals surface area contributed by atoms with E-state index in [0.29, 0.717) is 0 Å². The standard InChI is InChI=1S/C28H54N2/c1-4-7-9-11-12-13-14-15-16-17-19-21-23-27(22-20-18-10-8-5-2)28-29-24-26-30(28)25-6-3/h24,26-27H,4-23,25H2,1-3H3/p+1/t27-/m0/s1. The molecule has 1 atom stereocenters. The smallest absolute Gasteiger partial charge is 0.247 e. The third-order valence-corrected chi connectivity index (χ3v) is 6.71. The van der Waals surface area contributed by atoms with E-state index in [-0.39, 0.29) is 0 Å². The minimum absolute atomic E-state index is 0.733. The third-order valence-electron chi connectivity index (χ3n) is 6.71. The van der Waals surface area contributed by atoms with Crippen molar-refractivity contribution in [2.45, 2.75) is 162 Å². The molecule has 30 heavy (non-hydrogen) atoms. The average molecular weight is 420 g/mol. The lowest BCUT2D eigenvalue weighted by atomic mass is 9.93. The van der Waals surface area contributed by atoms with Crippen LogP contribution < -0.4 is 4.57 Å². The number of hydrogen-bond donors (Lipinski definition) is 1.